The van der Waals surface area contributed by atoms with E-state index in [1.54, 1.807) is 54.6 Å². The van der Waals surface area contributed by atoms with Gasteiger partial charge < -0.3 is 10.1 Å². The van der Waals surface area contributed by atoms with Crippen molar-refractivity contribution in [1.82, 2.24) is 5.43 Å². The van der Waals surface area contributed by atoms with Gasteiger partial charge in [-0.15, -0.1) is 0 Å². The van der Waals surface area contributed by atoms with Crippen molar-refractivity contribution in [2.45, 2.75) is 13.8 Å². The van der Waals surface area contributed by atoms with Gasteiger partial charge in [0.2, 0.25) is 0 Å². The molecule has 2 N–H and O–H groups in total. The second-order valence-corrected chi connectivity index (χ2v) is 7.86. The van der Waals surface area contributed by atoms with Gasteiger partial charge in [-0.05, 0) is 79.6 Å². The van der Waals surface area contributed by atoms with Crippen LogP contribution in [0.1, 0.15) is 27.0 Å². The number of hydrogen-bond acceptors (Lipinski definition) is 5. The molecule has 0 saturated carbocycles. The highest BCUT2D eigenvalue weighted by Gasteiger charge is 2.14. The van der Waals surface area contributed by atoms with Crippen LogP contribution < -0.4 is 15.5 Å². The number of hydrazone groups is 1. The number of carbonyl (C=O) groups is 3. The summed E-state index contributed by atoms with van der Waals surface area (Å²) in [7, 11) is 0. The molecule has 0 aromatic heterocycles. The monoisotopic (exact) mass is 493 g/mol. The quantitative estimate of drug-likeness (QED) is 0.181. The number of nitrogens with zero attached hydrogens (tertiary/aromatic N) is 1. The predicted octanol–water partition coefficient (Wildman–Crippen LogP) is 4.37. The molecule has 0 saturated heterocycles. The number of hydrogen-bond donors (Lipinski definition) is 2. The Morgan fingerprint density at radius 2 is 1.69 bits per heavy atom. The van der Waals surface area contributed by atoms with Crippen molar-refractivity contribution in [2.75, 3.05) is 5.32 Å². The zero-order valence-corrected chi connectivity index (χ0v) is 19.0. The average molecular weight is 494 g/mol. The van der Waals surface area contributed by atoms with Gasteiger partial charge in [-0.2, -0.15) is 5.10 Å². The van der Waals surface area contributed by atoms with Crippen LogP contribution in [0.3, 0.4) is 0 Å². The Labute approximate surface area is 193 Å². The second kappa shape index (κ2) is 10.5. The topological polar surface area (TPSA) is 96.9 Å². The van der Waals surface area contributed by atoms with E-state index in [-0.39, 0.29) is 0 Å². The first-order valence-electron chi connectivity index (χ1n) is 9.61. The summed E-state index contributed by atoms with van der Waals surface area (Å²) >= 11 is 3.34. The van der Waals surface area contributed by atoms with Crippen LogP contribution in [0.4, 0.5) is 5.69 Å². The van der Waals surface area contributed by atoms with Crippen molar-refractivity contribution >= 4 is 45.6 Å². The number of nitrogens with one attached hydrogen (secondary N) is 2. The SMILES string of the molecule is Cc1cccc(C(=O)Oc2ccc(C=NNC(=O)C(=O)Nc3ccc(Br)cc3C)cc2)c1. The molecule has 0 unspecified atom stereocenters. The van der Waals surface area contributed by atoms with Crippen molar-refractivity contribution in [3.05, 3.63) is 93.5 Å². The molecule has 0 aliphatic carbocycles. The molecule has 0 heterocycles. The average Bonchev–Trinajstić information content (AvgIpc) is 2.76. The van der Waals surface area contributed by atoms with E-state index in [1.165, 1.54) is 6.21 Å². The zero-order valence-electron chi connectivity index (χ0n) is 17.4. The summed E-state index contributed by atoms with van der Waals surface area (Å²) in [6.45, 7) is 3.72. The van der Waals surface area contributed by atoms with Crippen LogP contribution in [-0.2, 0) is 9.59 Å². The Kier molecular flexibility index (Phi) is 7.51. The predicted molar refractivity (Wildman–Crippen MR) is 126 cm³/mol. The molecule has 3 aromatic carbocycles. The first kappa shape index (κ1) is 22.9. The number of rotatable bonds is 5. The third kappa shape index (κ3) is 6.36. The molecular formula is C24H20BrN3O4. The van der Waals surface area contributed by atoms with Gasteiger partial charge in [-0.1, -0.05) is 33.6 Å². The van der Waals surface area contributed by atoms with Crippen molar-refractivity contribution < 1.29 is 19.1 Å². The van der Waals surface area contributed by atoms with Gasteiger partial charge in [0.1, 0.15) is 5.75 Å². The maximum atomic E-state index is 12.2. The number of carbonyl (C=O) groups excluding carboxylic acids is 3. The summed E-state index contributed by atoms with van der Waals surface area (Å²) in [5, 5.41) is 6.32. The van der Waals surface area contributed by atoms with Crippen molar-refractivity contribution in [3.8, 4) is 5.75 Å². The molecule has 0 radical (unpaired) electrons. The summed E-state index contributed by atoms with van der Waals surface area (Å²) < 4.78 is 6.22. The van der Waals surface area contributed by atoms with E-state index in [0.717, 1.165) is 15.6 Å². The smallest absolute Gasteiger partial charge is 0.343 e. The first-order chi connectivity index (χ1) is 15.3. The molecule has 8 heteroatoms. The third-order valence-corrected chi connectivity index (χ3v) is 4.86. The fourth-order valence-corrected chi connectivity index (χ4v) is 3.20. The molecule has 0 spiro atoms. The minimum Gasteiger partial charge on any atom is -0.423 e. The number of ether oxygens (including phenoxy) is 1. The lowest BCUT2D eigenvalue weighted by atomic mass is 10.1. The van der Waals surface area contributed by atoms with Crippen molar-refractivity contribution in [1.29, 1.82) is 0 Å². The standard InChI is InChI=1S/C24H20BrN3O4/c1-15-4-3-5-18(12-15)24(31)32-20-9-6-17(7-10-20)14-26-28-23(30)22(29)27-21-11-8-19(25)13-16(21)2/h3-14H,1-2H3,(H,27,29)(H,28,30). The Morgan fingerprint density at radius 3 is 2.38 bits per heavy atom. The van der Waals surface area contributed by atoms with Gasteiger partial charge >= 0.3 is 17.8 Å². The minimum absolute atomic E-state index is 0.377. The van der Waals surface area contributed by atoms with Gasteiger partial charge in [0.05, 0.1) is 11.8 Å². The summed E-state index contributed by atoms with van der Waals surface area (Å²) in [4.78, 5) is 36.2. The second-order valence-electron chi connectivity index (χ2n) is 6.94. The molecule has 3 rings (SSSR count). The lowest BCUT2D eigenvalue weighted by Crippen LogP contribution is -2.32. The van der Waals surface area contributed by atoms with Gasteiger partial charge in [0.15, 0.2) is 0 Å². The van der Waals surface area contributed by atoms with Crippen LogP contribution in [0.15, 0.2) is 76.3 Å². The van der Waals surface area contributed by atoms with Gasteiger partial charge in [-0.25, -0.2) is 10.2 Å². The fraction of sp³-hybridized carbons (Fsp3) is 0.0833. The van der Waals surface area contributed by atoms with Crippen LogP contribution in [0.25, 0.3) is 0 Å². The van der Waals surface area contributed by atoms with Gasteiger partial charge in [0, 0.05) is 10.2 Å². The number of halogens is 1. The molecule has 3 aromatic rings. The molecule has 7 nitrogen and oxygen atoms in total. The largest absolute Gasteiger partial charge is 0.423 e. The number of anilines is 1. The number of esters is 1. The molecule has 0 atom stereocenters. The third-order valence-electron chi connectivity index (χ3n) is 4.37. The van der Waals surface area contributed by atoms with Crippen molar-refractivity contribution in [2.24, 2.45) is 5.10 Å². The van der Waals surface area contributed by atoms with E-state index in [2.05, 4.69) is 31.8 Å². The van der Waals surface area contributed by atoms with Crippen LogP contribution >= 0.6 is 15.9 Å². The Bertz CT molecular complexity index is 1190. The Balaban J connectivity index is 1.52. The van der Waals surface area contributed by atoms with Gasteiger partial charge in [0.25, 0.3) is 0 Å². The lowest BCUT2D eigenvalue weighted by molar-refractivity contribution is -0.136. The molecule has 32 heavy (non-hydrogen) atoms. The Hall–Kier alpha value is -3.78. The van der Waals surface area contributed by atoms with Crippen molar-refractivity contribution in [3.63, 3.8) is 0 Å². The minimum atomic E-state index is -0.896. The summed E-state index contributed by atoms with van der Waals surface area (Å²) in [5.74, 6) is -1.80. The van der Waals surface area contributed by atoms with E-state index in [0.29, 0.717) is 22.6 Å². The number of amides is 2. The molecule has 0 bridgehead atoms. The molecular weight excluding hydrogens is 474 g/mol. The summed E-state index contributed by atoms with van der Waals surface area (Å²) in [5.41, 5.74) is 5.60. The summed E-state index contributed by atoms with van der Waals surface area (Å²) in [6.07, 6.45) is 1.38. The maximum absolute atomic E-state index is 12.2. The fourth-order valence-electron chi connectivity index (χ4n) is 2.72. The highest BCUT2D eigenvalue weighted by atomic mass is 79.9. The lowest BCUT2D eigenvalue weighted by Gasteiger charge is -2.07. The number of benzene rings is 3. The Morgan fingerprint density at radius 1 is 0.938 bits per heavy atom. The van der Waals surface area contributed by atoms with Crippen LogP contribution in [0, 0.1) is 13.8 Å². The molecule has 2 amide bonds. The van der Waals surface area contributed by atoms with Gasteiger partial charge in [-0.3, -0.25) is 9.59 Å². The van der Waals surface area contributed by atoms with Crippen LogP contribution in [0.2, 0.25) is 0 Å². The maximum Gasteiger partial charge on any atom is 0.343 e. The normalized spacial score (nSPS) is 10.6. The summed E-state index contributed by atoms with van der Waals surface area (Å²) in [6, 6.07) is 19.0. The number of aryl methyl sites for hydroxylation is 2. The van der Waals surface area contributed by atoms with E-state index < -0.39 is 17.8 Å². The van der Waals surface area contributed by atoms with E-state index in [4.69, 9.17) is 4.74 Å². The molecule has 0 aliphatic heterocycles. The molecule has 0 aliphatic rings. The van der Waals surface area contributed by atoms with Crippen LogP contribution in [0.5, 0.6) is 5.75 Å². The molecule has 0 fully saturated rings. The van der Waals surface area contributed by atoms with E-state index >= 15 is 0 Å². The highest BCUT2D eigenvalue weighted by molar-refractivity contribution is 9.10. The molecule has 162 valence electrons. The zero-order chi connectivity index (χ0) is 23.1. The van der Waals surface area contributed by atoms with Crippen LogP contribution in [-0.4, -0.2) is 24.0 Å². The highest BCUT2D eigenvalue weighted by Crippen LogP contribution is 2.20. The first-order valence-corrected chi connectivity index (χ1v) is 10.4. The van der Waals surface area contributed by atoms with E-state index in [1.807, 2.05) is 26.0 Å². The van der Waals surface area contributed by atoms with E-state index in [9.17, 15) is 14.4 Å².